The lowest BCUT2D eigenvalue weighted by Gasteiger charge is -2.29. The molecular formula is C23H22N4O. The highest BCUT2D eigenvalue weighted by molar-refractivity contribution is 5.99. The molecule has 2 aliphatic rings. The van der Waals surface area contributed by atoms with Crippen LogP contribution in [-0.4, -0.2) is 38.7 Å². The van der Waals surface area contributed by atoms with E-state index in [1.807, 2.05) is 30.5 Å². The van der Waals surface area contributed by atoms with Gasteiger partial charge < -0.3 is 4.90 Å². The number of aromatic nitrogens is 3. The number of hydrogen-bond donors (Lipinski definition) is 0. The molecule has 1 aromatic carbocycles. The number of allylic oxidation sites excluding steroid dienone is 1. The van der Waals surface area contributed by atoms with Crippen molar-refractivity contribution < 1.29 is 4.79 Å². The van der Waals surface area contributed by atoms with Crippen molar-refractivity contribution in [1.29, 1.82) is 0 Å². The van der Waals surface area contributed by atoms with Gasteiger partial charge in [0.1, 0.15) is 0 Å². The Morgan fingerprint density at radius 3 is 2.89 bits per heavy atom. The van der Waals surface area contributed by atoms with Crippen LogP contribution in [0.4, 0.5) is 0 Å². The van der Waals surface area contributed by atoms with Gasteiger partial charge in [-0.15, -0.1) is 0 Å². The number of carbonyl (C=O) groups is 1. The third kappa shape index (κ3) is 2.74. The van der Waals surface area contributed by atoms with Gasteiger partial charge in [0.2, 0.25) is 5.91 Å². The molecule has 0 spiro atoms. The van der Waals surface area contributed by atoms with E-state index < -0.39 is 0 Å². The molecule has 5 rings (SSSR count). The zero-order chi connectivity index (χ0) is 19.3. The monoisotopic (exact) mass is 370 g/mol. The lowest BCUT2D eigenvalue weighted by Crippen LogP contribution is -2.35. The van der Waals surface area contributed by atoms with Crippen LogP contribution in [0.5, 0.6) is 0 Å². The molecule has 0 unspecified atom stereocenters. The van der Waals surface area contributed by atoms with E-state index in [2.05, 4.69) is 35.4 Å². The van der Waals surface area contributed by atoms with Gasteiger partial charge in [-0.3, -0.25) is 14.5 Å². The second-order valence-corrected chi connectivity index (χ2v) is 7.59. The van der Waals surface area contributed by atoms with E-state index in [1.165, 1.54) is 27.7 Å². The van der Waals surface area contributed by atoms with Crippen LogP contribution >= 0.6 is 0 Å². The van der Waals surface area contributed by atoms with Crippen LogP contribution in [0.25, 0.3) is 27.6 Å². The molecule has 5 heteroatoms. The van der Waals surface area contributed by atoms with Crippen LogP contribution in [-0.2, 0) is 11.8 Å². The lowest BCUT2D eigenvalue weighted by atomic mass is 9.92. The number of aryl methyl sites for hydroxylation is 1. The first-order valence-electron chi connectivity index (χ1n) is 9.65. The molecule has 0 saturated heterocycles. The first-order chi connectivity index (χ1) is 13.6. The number of amides is 1. The number of benzene rings is 1. The van der Waals surface area contributed by atoms with Gasteiger partial charge in [0.05, 0.1) is 11.9 Å². The summed E-state index contributed by atoms with van der Waals surface area (Å²) in [6.45, 7) is 3.21. The molecule has 5 nitrogen and oxygen atoms in total. The molecule has 0 radical (unpaired) electrons. The Kier molecular flexibility index (Phi) is 3.90. The standard InChI is InChI=1S/C23H22N4O/c1-15(28)27-9-8-16-6-7-20(22(16)14-27)19-5-3-4-17-10-23(24-12-21(17)19)18-11-25-26(2)13-18/h3-5,7,10-13H,6,8-9,14H2,1-2H3. The summed E-state index contributed by atoms with van der Waals surface area (Å²) >= 11 is 0. The van der Waals surface area contributed by atoms with Crippen LogP contribution in [0.3, 0.4) is 0 Å². The highest BCUT2D eigenvalue weighted by Crippen LogP contribution is 2.40. The van der Waals surface area contributed by atoms with E-state index in [-0.39, 0.29) is 5.91 Å². The summed E-state index contributed by atoms with van der Waals surface area (Å²) in [5, 5.41) is 6.56. The van der Waals surface area contributed by atoms with Gasteiger partial charge in [-0.05, 0) is 41.0 Å². The van der Waals surface area contributed by atoms with Crippen molar-refractivity contribution in [2.24, 2.45) is 7.05 Å². The molecule has 2 aromatic heterocycles. The molecule has 1 aliphatic heterocycles. The molecule has 3 heterocycles. The number of nitrogens with zero attached hydrogens (tertiary/aromatic N) is 4. The minimum absolute atomic E-state index is 0.151. The molecule has 1 aliphatic carbocycles. The summed E-state index contributed by atoms with van der Waals surface area (Å²) in [4.78, 5) is 18.5. The fraction of sp³-hybridized carbons (Fsp3) is 0.261. The highest BCUT2D eigenvalue weighted by Gasteiger charge is 2.27. The molecule has 0 fully saturated rings. The van der Waals surface area contributed by atoms with Gasteiger partial charge >= 0.3 is 0 Å². The Morgan fingerprint density at radius 2 is 2.11 bits per heavy atom. The number of pyridine rings is 1. The summed E-state index contributed by atoms with van der Waals surface area (Å²) in [7, 11) is 1.91. The van der Waals surface area contributed by atoms with Crippen LogP contribution in [0.2, 0.25) is 0 Å². The van der Waals surface area contributed by atoms with Gasteiger partial charge in [-0.2, -0.15) is 5.10 Å². The van der Waals surface area contributed by atoms with E-state index in [0.717, 1.165) is 36.0 Å². The molecule has 0 atom stereocenters. The van der Waals surface area contributed by atoms with Crippen molar-refractivity contribution in [2.45, 2.75) is 19.8 Å². The van der Waals surface area contributed by atoms with Crippen LogP contribution in [0.1, 0.15) is 25.3 Å². The van der Waals surface area contributed by atoms with Gasteiger partial charge in [0.25, 0.3) is 0 Å². The lowest BCUT2D eigenvalue weighted by molar-refractivity contribution is -0.128. The summed E-state index contributed by atoms with van der Waals surface area (Å²) in [5.41, 5.74) is 7.22. The average Bonchev–Trinajstić information content (AvgIpc) is 3.32. The minimum Gasteiger partial charge on any atom is -0.338 e. The van der Waals surface area contributed by atoms with Crippen molar-refractivity contribution in [1.82, 2.24) is 19.7 Å². The van der Waals surface area contributed by atoms with Crippen molar-refractivity contribution in [3.05, 3.63) is 65.6 Å². The van der Waals surface area contributed by atoms with Gasteiger partial charge in [-0.1, -0.05) is 29.8 Å². The van der Waals surface area contributed by atoms with Gasteiger partial charge in [0, 0.05) is 50.4 Å². The van der Waals surface area contributed by atoms with Crippen molar-refractivity contribution in [3.63, 3.8) is 0 Å². The molecule has 3 aromatic rings. The quantitative estimate of drug-likeness (QED) is 0.686. The van der Waals surface area contributed by atoms with Crippen LogP contribution in [0.15, 0.2) is 60.1 Å². The molecule has 0 saturated carbocycles. The van der Waals surface area contributed by atoms with E-state index in [0.29, 0.717) is 6.54 Å². The van der Waals surface area contributed by atoms with E-state index in [4.69, 9.17) is 4.98 Å². The summed E-state index contributed by atoms with van der Waals surface area (Å²) < 4.78 is 1.79. The van der Waals surface area contributed by atoms with E-state index in [1.54, 1.807) is 11.6 Å². The van der Waals surface area contributed by atoms with Crippen LogP contribution < -0.4 is 0 Å². The zero-order valence-corrected chi connectivity index (χ0v) is 16.1. The number of fused-ring (bicyclic) bond motifs is 1. The molecule has 1 amide bonds. The topological polar surface area (TPSA) is 51.0 Å². The Bertz CT molecular complexity index is 1170. The molecule has 0 bridgehead atoms. The van der Waals surface area contributed by atoms with Crippen molar-refractivity contribution in [3.8, 4) is 11.3 Å². The van der Waals surface area contributed by atoms with Crippen molar-refractivity contribution >= 4 is 22.3 Å². The maximum Gasteiger partial charge on any atom is 0.219 e. The maximum atomic E-state index is 11.9. The Hall–Kier alpha value is -3.21. The molecule has 140 valence electrons. The predicted molar refractivity (Wildman–Crippen MR) is 110 cm³/mol. The van der Waals surface area contributed by atoms with Crippen LogP contribution in [0, 0.1) is 0 Å². The maximum absolute atomic E-state index is 11.9. The normalized spacial score (nSPS) is 16.5. The third-order valence-corrected chi connectivity index (χ3v) is 5.84. The minimum atomic E-state index is 0.151. The first-order valence-corrected chi connectivity index (χ1v) is 9.65. The second-order valence-electron chi connectivity index (χ2n) is 7.59. The molecule has 28 heavy (non-hydrogen) atoms. The number of carbonyl (C=O) groups excluding carboxylic acids is 1. The second kappa shape index (κ2) is 6.44. The zero-order valence-electron chi connectivity index (χ0n) is 16.1. The van der Waals surface area contributed by atoms with E-state index >= 15 is 0 Å². The highest BCUT2D eigenvalue weighted by atomic mass is 16.2. The molecular weight excluding hydrogens is 348 g/mol. The first kappa shape index (κ1) is 16.9. The van der Waals surface area contributed by atoms with E-state index in [9.17, 15) is 4.79 Å². The number of rotatable bonds is 2. The fourth-order valence-corrected chi connectivity index (χ4v) is 4.31. The largest absolute Gasteiger partial charge is 0.338 e. The Morgan fingerprint density at radius 1 is 1.21 bits per heavy atom. The van der Waals surface area contributed by atoms with Crippen molar-refractivity contribution in [2.75, 3.05) is 13.1 Å². The predicted octanol–water partition coefficient (Wildman–Crippen LogP) is 3.97. The average molecular weight is 370 g/mol. The fourth-order valence-electron chi connectivity index (χ4n) is 4.31. The molecule has 0 N–H and O–H groups in total. The summed E-state index contributed by atoms with van der Waals surface area (Å²) in [6, 6.07) is 8.54. The third-order valence-electron chi connectivity index (χ3n) is 5.84. The number of hydrogen-bond acceptors (Lipinski definition) is 3. The smallest absolute Gasteiger partial charge is 0.219 e. The van der Waals surface area contributed by atoms with Gasteiger partial charge in [-0.25, -0.2) is 0 Å². The SMILES string of the molecule is CC(=O)N1CCC2=C(C1)C(c1cccc3cc(-c4cnn(C)c4)ncc13)=CC2. The Balaban J connectivity index is 1.56. The van der Waals surface area contributed by atoms with Gasteiger partial charge in [0.15, 0.2) is 0 Å². The Labute approximate surface area is 164 Å². The summed E-state index contributed by atoms with van der Waals surface area (Å²) in [5.74, 6) is 0.151. The summed E-state index contributed by atoms with van der Waals surface area (Å²) in [6.07, 6.45) is 10.1.